The highest BCUT2D eigenvalue weighted by Crippen LogP contribution is 2.11. The van der Waals surface area contributed by atoms with E-state index in [1.807, 2.05) is 4.90 Å². The van der Waals surface area contributed by atoms with Crippen LogP contribution in [0.4, 0.5) is 4.79 Å². The predicted molar refractivity (Wildman–Crippen MR) is 123 cm³/mol. The van der Waals surface area contributed by atoms with E-state index in [4.69, 9.17) is 0 Å². The fraction of sp³-hybridized carbons (Fsp3) is 0.880. The smallest absolute Gasteiger partial charge is 0.317 e. The van der Waals surface area contributed by atoms with Crippen molar-refractivity contribution in [3.63, 3.8) is 0 Å². The maximum Gasteiger partial charge on any atom is 0.317 e. The van der Waals surface area contributed by atoms with Crippen LogP contribution in [0.1, 0.15) is 122 Å². The lowest BCUT2D eigenvalue weighted by atomic mass is 10.1. The van der Waals surface area contributed by atoms with Gasteiger partial charge in [0.2, 0.25) is 0 Å². The Morgan fingerprint density at radius 2 is 1.32 bits per heavy atom. The van der Waals surface area contributed by atoms with Crippen molar-refractivity contribution < 1.29 is 4.79 Å². The van der Waals surface area contributed by atoms with E-state index in [1.165, 1.54) is 103 Å². The molecule has 0 aromatic rings. The minimum Gasteiger partial charge on any atom is -0.338 e. The largest absolute Gasteiger partial charge is 0.338 e. The maximum atomic E-state index is 12.1. The topological polar surface area (TPSA) is 32.3 Å². The van der Waals surface area contributed by atoms with Crippen LogP contribution < -0.4 is 5.32 Å². The number of rotatable bonds is 16. The predicted octanol–water partition coefficient (Wildman–Crippen LogP) is 7.61. The van der Waals surface area contributed by atoms with Gasteiger partial charge in [0.25, 0.3) is 0 Å². The summed E-state index contributed by atoms with van der Waals surface area (Å²) in [5.74, 6) is 0. The molecule has 1 heterocycles. The second-order valence-corrected chi connectivity index (χ2v) is 8.57. The number of hydrogen-bond acceptors (Lipinski definition) is 1. The first kappa shape index (κ1) is 25.0. The summed E-state index contributed by atoms with van der Waals surface area (Å²) < 4.78 is 0. The van der Waals surface area contributed by atoms with Crippen molar-refractivity contribution in [3.05, 3.63) is 12.2 Å². The van der Waals surface area contributed by atoms with Crippen molar-refractivity contribution in [1.29, 1.82) is 0 Å². The Labute approximate surface area is 175 Å². The molecule has 0 spiro atoms. The van der Waals surface area contributed by atoms with Crippen LogP contribution in [0, 0.1) is 0 Å². The minimum atomic E-state index is 0.162. The normalized spacial score (nSPS) is 16.0. The summed E-state index contributed by atoms with van der Waals surface area (Å²) in [5.41, 5.74) is 0. The van der Waals surface area contributed by atoms with Gasteiger partial charge in [-0.05, 0) is 44.9 Å². The molecule has 1 rings (SSSR count). The standard InChI is InChI=1S/C25H48N2O/c1-2-3-4-5-6-7-8-9-10-11-12-13-14-15-17-20-23-27-24-21-18-16-19-22-26-25(27)28/h9-10H,2-8,11-24H2,1H3,(H,26,28). The van der Waals surface area contributed by atoms with Crippen LogP contribution >= 0.6 is 0 Å². The molecule has 0 aliphatic carbocycles. The van der Waals surface area contributed by atoms with Crippen LogP contribution in [-0.4, -0.2) is 30.6 Å². The lowest BCUT2D eigenvalue weighted by Crippen LogP contribution is -2.40. The summed E-state index contributed by atoms with van der Waals surface area (Å²) in [4.78, 5) is 14.2. The van der Waals surface area contributed by atoms with Crippen molar-refractivity contribution in [2.45, 2.75) is 122 Å². The summed E-state index contributed by atoms with van der Waals surface area (Å²) in [6.07, 6.45) is 28.3. The van der Waals surface area contributed by atoms with Gasteiger partial charge in [-0.3, -0.25) is 0 Å². The minimum absolute atomic E-state index is 0.162. The Morgan fingerprint density at radius 3 is 2.00 bits per heavy atom. The summed E-state index contributed by atoms with van der Waals surface area (Å²) in [6.45, 7) is 5.01. The van der Waals surface area contributed by atoms with E-state index in [0.717, 1.165) is 32.5 Å². The molecule has 0 aromatic heterocycles. The second-order valence-electron chi connectivity index (χ2n) is 8.57. The Hall–Kier alpha value is -0.990. The molecule has 0 saturated carbocycles. The molecule has 164 valence electrons. The maximum absolute atomic E-state index is 12.1. The SMILES string of the molecule is CCCCCCCCC=CCCCCCCCCN1CCCCCCNC1=O. The van der Waals surface area contributed by atoms with Gasteiger partial charge in [-0.2, -0.15) is 0 Å². The molecule has 1 aliphatic rings. The molecule has 1 fully saturated rings. The summed E-state index contributed by atoms with van der Waals surface area (Å²) in [7, 11) is 0. The average molecular weight is 393 g/mol. The van der Waals surface area contributed by atoms with Crippen LogP contribution in [0.3, 0.4) is 0 Å². The lowest BCUT2D eigenvalue weighted by molar-refractivity contribution is 0.197. The number of urea groups is 1. The van der Waals surface area contributed by atoms with E-state index in [-0.39, 0.29) is 6.03 Å². The van der Waals surface area contributed by atoms with E-state index in [0.29, 0.717) is 0 Å². The van der Waals surface area contributed by atoms with Crippen molar-refractivity contribution >= 4 is 6.03 Å². The Morgan fingerprint density at radius 1 is 0.750 bits per heavy atom. The number of amides is 2. The van der Waals surface area contributed by atoms with Gasteiger partial charge in [0.05, 0.1) is 0 Å². The highest BCUT2D eigenvalue weighted by atomic mass is 16.2. The molecule has 0 bridgehead atoms. The van der Waals surface area contributed by atoms with Gasteiger partial charge in [0, 0.05) is 19.6 Å². The second kappa shape index (κ2) is 19.3. The van der Waals surface area contributed by atoms with Gasteiger partial charge in [0.15, 0.2) is 0 Å². The van der Waals surface area contributed by atoms with E-state index >= 15 is 0 Å². The first-order valence-corrected chi connectivity index (χ1v) is 12.5. The highest BCUT2D eigenvalue weighted by Gasteiger charge is 2.13. The van der Waals surface area contributed by atoms with Crippen LogP contribution in [0.15, 0.2) is 12.2 Å². The molecule has 1 aliphatic heterocycles. The van der Waals surface area contributed by atoms with Crippen molar-refractivity contribution in [2.75, 3.05) is 19.6 Å². The molecule has 0 aromatic carbocycles. The van der Waals surface area contributed by atoms with E-state index in [9.17, 15) is 4.79 Å². The number of hydrogen-bond donors (Lipinski definition) is 1. The van der Waals surface area contributed by atoms with E-state index < -0.39 is 0 Å². The molecular weight excluding hydrogens is 344 g/mol. The van der Waals surface area contributed by atoms with Gasteiger partial charge >= 0.3 is 6.03 Å². The van der Waals surface area contributed by atoms with Crippen LogP contribution in [-0.2, 0) is 0 Å². The van der Waals surface area contributed by atoms with Crippen molar-refractivity contribution in [1.82, 2.24) is 10.2 Å². The van der Waals surface area contributed by atoms with E-state index in [2.05, 4.69) is 24.4 Å². The monoisotopic (exact) mass is 392 g/mol. The van der Waals surface area contributed by atoms with Crippen molar-refractivity contribution in [2.24, 2.45) is 0 Å². The highest BCUT2D eigenvalue weighted by molar-refractivity contribution is 5.74. The summed E-state index contributed by atoms with van der Waals surface area (Å²) >= 11 is 0. The number of carbonyl (C=O) groups excluding carboxylic acids is 1. The van der Waals surface area contributed by atoms with Gasteiger partial charge in [0.1, 0.15) is 0 Å². The molecule has 3 heteroatoms. The molecule has 0 radical (unpaired) electrons. The third-order valence-electron chi connectivity index (χ3n) is 5.86. The molecule has 2 amide bonds. The fourth-order valence-electron chi connectivity index (χ4n) is 3.95. The Bertz CT molecular complexity index is 381. The average Bonchev–Trinajstić information content (AvgIpc) is 2.80. The lowest BCUT2D eigenvalue weighted by Gasteiger charge is -2.22. The van der Waals surface area contributed by atoms with Gasteiger partial charge in [-0.25, -0.2) is 4.79 Å². The fourth-order valence-corrected chi connectivity index (χ4v) is 3.95. The number of nitrogens with zero attached hydrogens (tertiary/aromatic N) is 1. The number of allylic oxidation sites excluding steroid dienone is 2. The Kier molecular flexibility index (Phi) is 17.3. The van der Waals surface area contributed by atoms with Gasteiger partial charge < -0.3 is 10.2 Å². The van der Waals surface area contributed by atoms with Crippen molar-refractivity contribution in [3.8, 4) is 0 Å². The first-order valence-electron chi connectivity index (χ1n) is 12.5. The van der Waals surface area contributed by atoms with Gasteiger partial charge in [-0.15, -0.1) is 0 Å². The molecule has 1 saturated heterocycles. The quantitative estimate of drug-likeness (QED) is 0.213. The molecule has 28 heavy (non-hydrogen) atoms. The molecule has 0 atom stereocenters. The number of carbonyl (C=O) groups is 1. The zero-order valence-electron chi connectivity index (χ0n) is 18.9. The molecule has 1 N–H and O–H groups in total. The van der Waals surface area contributed by atoms with Crippen LogP contribution in [0.25, 0.3) is 0 Å². The third kappa shape index (κ3) is 15.0. The summed E-state index contributed by atoms with van der Waals surface area (Å²) in [5, 5.41) is 3.06. The zero-order chi connectivity index (χ0) is 20.1. The molecular formula is C25H48N2O. The molecule has 0 unspecified atom stereocenters. The van der Waals surface area contributed by atoms with Crippen LogP contribution in [0.2, 0.25) is 0 Å². The third-order valence-corrected chi connectivity index (χ3v) is 5.86. The zero-order valence-corrected chi connectivity index (χ0v) is 18.9. The molecule has 3 nitrogen and oxygen atoms in total. The number of unbranched alkanes of at least 4 members (excludes halogenated alkanes) is 12. The summed E-state index contributed by atoms with van der Waals surface area (Å²) in [6, 6.07) is 0.162. The van der Waals surface area contributed by atoms with Gasteiger partial charge in [-0.1, -0.05) is 89.7 Å². The number of nitrogens with one attached hydrogen (secondary N) is 1. The van der Waals surface area contributed by atoms with E-state index in [1.54, 1.807) is 0 Å². The Balaban J connectivity index is 1.86. The van der Waals surface area contributed by atoms with Crippen LogP contribution in [0.5, 0.6) is 0 Å². The first-order chi connectivity index (χ1) is 13.8.